The second-order valence-corrected chi connectivity index (χ2v) is 3.25. The van der Waals surface area contributed by atoms with Gasteiger partial charge in [-0.2, -0.15) is 0 Å². The number of carbonyl (C=O) groups excluding carboxylic acids is 1. The highest BCUT2D eigenvalue weighted by molar-refractivity contribution is 6.02. The predicted molar refractivity (Wildman–Crippen MR) is 58.3 cm³/mol. The summed E-state index contributed by atoms with van der Waals surface area (Å²) in [5.41, 5.74) is 4.98. The van der Waals surface area contributed by atoms with Gasteiger partial charge in [0.05, 0.1) is 5.39 Å². The van der Waals surface area contributed by atoms with Crippen molar-refractivity contribution in [3.8, 4) is 0 Å². The lowest BCUT2D eigenvalue weighted by atomic mass is 10.1. The molecule has 0 saturated carbocycles. The Morgan fingerprint density at radius 3 is 2.75 bits per heavy atom. The Bertz CT molecular complexity index is 615. The Morgan fingerprint density at radius 2 is 2.06 bits per heavy atom. The summed E-state index contributed by atoms with van der Waals surface area (Å²) in [6, 6.07) is 6.47. The second kappa shape index (κ2) is 3.79. The molecule has 0 amide bonds. The zero-order chi connectivity index (χ0) is 11.7. The molecule has 5 nitrogen and oxygen atoms in total. The first-order valence-electron chi connectivity index (χ1n) is 4.60. The van der Waals surface area contributed by atoms with Crippen LogP contribution in [0, 0.1) is 0 Å². The van der Waals surface area contributed by atoms with Crippen LogP contribution >= 0.6 is 0 Å². The SMILES string of the molecule is Nc1oc2ccccc2c(=O)c1C(=O)CO. The van der Waals surface area contributed by atoms with Crippen molar-refractivity contribution in [1.29, 1.82) is 0 Å². The van der Waals surface area contributed by atoms with Gasteiger partial charge in [0.25, 0.3) is 0 Å². The number of nitrogen functional groups attached to an aromatic ring is 1. The molecule has 1 aromatic heterocycles. The minimum absolute atomic E-state index is 0.261. The summed E-state index contributed by atoms with van der Waals surface area (Å²) in [6.07, 6.45) is 0. The highest BCUT2D eigenvalue weighted by atomic mass is 16.3. The van der Waals surface area contributed by atoms with Crippen molar-refractivity contribution < 1.29 is 14.3 Å². The van der Waals surface area contributed by atoms with Crippen molar-refractivity contribution in [2.45, 2.75) is 0 Å². The maximum Gasteiger partial charge on any atom is 0.205 e. The number of carbonyl (C=O) groups is 1. The van der Waals surface area contributed by atoms with Crippen LogP contribution in [0.3, 0.4) is 0 Å². The number of hydrogen-bond donors (Lipinski definition) is 2. The molecule has 0 spiro atoms. The summed E-state index contributed by atoms with van der Waals surface area (Å²) in [4.78, 5) is 23.2. The maximum atomic E-state index is 11.9. The van der Waals surface area contributed by atoms with Gasteiger partial charge in [-0.05, 0) is 12.1 Å². The fourth-order valence-electron chi connectivity index (χ4n) is 1.50. The molecule has 0 bridgehead atoms. The van der Waals surface area contributed by atoms with E-state index in [1.807, 2.05) is 0 Å². The fourth-order valence-corrected chi connectivity index (χ4v) is 1.50. The number of para-hydroxylation sites is 1. The van der Waals surface area contributed by atoms with Gasteiger partial charge >= 0.3 is 0 Å². The van der Waals surface area contributed by atoms with Gasteiger partial charge < -0.3 is 15.3 Å². The molecule has 2 aromatic rings. The minimum atomic E-state index is -0.771. The molecule has 1 heterocycles. The van der Waals surface area contributed by atoms with Crippen LogP contribution in [-0.2, 0) is 0 Å². The first-order chi connectivity index (χ1) is 7.65. The molecule has 0 aliphatic rings. The number of ketones is 1. The van der Waals surface area contributed by atoms with Crippen molar-refractivity contribution in [2.75, 3.05) is 12.3 Å². The third kappa shape index (κ3) is 1.47. The monoisotopic (exact) mass is 219 g/mol. The molecule has 0 radical (unpaired) electrons. The first kappa shape index (κ1) is 10.4. The van der Waals surface area contributed by atoms with E-state index in [9.17, 15) is 9.59 Å². The predicted octanol–water partition coefficient (Wildman–Crippen LogP) is 0.550. The minimum Gasteiger partial charge on any atom is -0.440 e. The van der Waals surface area contributed by atoms with Crippen LogP contribution in [0.1, 0.15) is 10.4 Å². The Labute approximate surface area is 90.1 Å². The molecule has 0 unspecified atom stereocenters. The molecule has 0 atom stereocenters. The standard InChI is InChI=1S/C11H9NO4/c12-11-9(7(14)5-13)10(15)6-3-1-2-4-8(6)16-11/h1-4,13H,5,12H2. The van der Waals surface area contributed by atoms with Crippen LogP contribution in [-0.4, -0.2) is 17.5 Å². The van der Waals surface area contributed by atoms with Crippen LogP contribution in [0.5, 0.6) is 0 Å². The first-order valence-corrected chi connectivity index (χ1v) is 4.60. The van der Waals surface area contributed by atoms with Crippen molar-refractivity contribution in [2.24, 2.45) is 0 Å². The smallest absolute Gasteiger partial charge is 0.205 e. The molecule has 0 aliphatic heterocycles. The van der Waals surface area contributed by atoms with Gasteiger partial charge in [-0.1, -0.05) is 12.1 Å². The Hall–Kier alpha value is -2.14. The number of aliphatic hydroxyl groups is 1. The summed E-state index contributed by atoms with van der Waals surface area (Å²) in [6.45, 7) is -0.771. The maximum absolute atomic E-state index is 11.9. The Balaban J connectivity index is 2.86. The van der Waals surface area contributed by atoms with Gasteiger partial charge in [-0.25, -0.2) is 0 Å². The van der Waals surface area contributed by atoms with Gasteiger partial charge in [0.15, 0.2) is 5.78 Å². The zero-order valence-corrected chi connectivity index (χ0v) is 8.27. The number of nitrogens with two attached hydrogens (primary N) is 1. The normalized spacial score (nSPS) is 10.6. The van der Waals surface area contributed by atoms with E-state index in [1.54, 1.807) is 18.2 Å². The van der Waals surface area contributed by atoms with E-state index in [0.29, 0.717) is 5.58 Å². The average Bonchev–Trinajstić information content (AvgIpc) is 2.28. The van der Waals surface area contributed by atoms with Gasteiger partial charge in [-0.3, -0.25) is 9.59 Å². The van der Waals surface area contributed by atoms with Crippen LogP contribution < -0.4 is 11.2 Å². The molecule has 5 heteroatoms. The number of rotatable bonds is 2. The van der Waals surface area contributed by atoms with Gasteiger partial charge in [0.2, 0.25) is 11.3 Å². The highest BCUT2D eigenvalue weighted by Crippen LogP contribution is 2.17. The van der Waals surface area contributed by atoms with Crippen molar-refractivity contribution in [3.05, 3.63) is 40.1 Å². The average molecular weight is 219 g/mol. The summed E-state index contributed by atoms with van der Waals surface area (Å²) < 4.78 is 5.14. The third-order valence-electron chi connectivity index (χ3n) is 2.25. The van der Waals surface area contributed by atoms with Gasteiger partial charge in [0, 0.05) is 0 Å². The van der Waals surface area contributed by atoms with Crippen molar-refractivity contribution in [1.82, 2.24) is 0 Å². The molecule has 82 valence electrons. The highest BCUT2D eigenvalue weighted by Gasteiger charge is 2.17. The number of Topliss-reactive ketones (excluding diaryl/α,β-unsaturated/α-hetero) is 1. The van der Waals surface area contributed by atoms with Gasteiger partial charge in [0.1, 0.15) is 17.8 Å². The second-order valence-electron chi connectivity index (χ2n) is 3.25. The summed E-state index contributed by atoms with van der Waals surface area (Å²) in [7, 11) is 0. The lowest BCUT2D eigenvalue weighted by Crippen LogP contribution is -2.20. The van der Waals surface area contributed by atoms with Crippen LogP contribution in [0.4, 0.5) is 5.88 Å². The Morgan fingerprint density at radius 1 is 1.38 bits per heavy atom. The molecule has 0 fully saturated rings. The van der Waals surface area contributed by atoms with Crippen LogP contribution in [0.25, 0.3) is 11.0 Å². The summed E-state index contributed by atoms with van der Waals surface area (Å²) in [5.74, 6) is -1.00. The van der Waals surface area contributed by atoms with Crippen molar-refractivity contribution in [3.63, 3.8) is 0 Å². The largest absolute Gasteiger partial charge is 0.440 e. The van der Waals surface area contributed by atoms with E-state index >= 15 is 0 Å². The van der Waals surface area contributed by atoms with E-state index in [4.69, 9.17) is 15.3 Å². The summed E-state index contributed by atoms with van der Waals surface area (Å²) in [5, 5.41) is 9.00. The van der Waals surface area contributed by atoms with E-state index < -0.39 is 17.8 Å². The molecule has 16 heavy (non-hydrogen) atoms. The van der Waals surface area contributed by atoms with Gasteiger partial charge in [-0.15, -0.1) is 0 Å². The number of benzene rings is 1. The lowest BCUT2D eigenvalue weighted by molar-refractivity contribution is 0.0902. The third-order valence-corrected chi connectivity index (χ3v) is 2.25. The van der Waals surface area contributed by atoms with E-state index in [1.165, 1.54) is 6.07 Å². The molecular formula is C11H9NO4. The molecule has 1 aromatic carbocycles. The van der Waals surface area contributed by atoms with E-state index in [2.05, 4.69) is 0 Å². The number of hydrogen-bond acceptors (Lipinski definition) is 5. The van der Waals surface area contributed by atoms with E-state index in [-0.39, 0.29) is 16.8 Å². The fraction of sp³-hybridized carbons (Fsp3) is 0.0909. The molecule has 0 aliphatic carbocycles. The lowest BCUT2D eigenvalue weighted by Gasteiger charge is -2.03. The van der Waals surface area contributed by atoms with E-state index in [0.717, 1.165) is 0 Å². The number of fused-ring (bicyclic) bond motifs is 1. The van der Waals surface area contributed by atoms with Crippen LogP contribution in [0.2, 0.25) is 0 Å². The topological polar surface area (TPSA) is 93.5 Å². The summed E-state index contributed by atoms with van der Waals surface area (Å²) >= 11 is 0. The number of aliphatic hydroxyl groups excluding tert-OH is 1. The molecule has 0 saturated heterocycles. The molecule has 3 N–H and O–H groups in total. The number of anilines is 1. The zero-order valence-electron chi connectivity index (χ0n) is 8.27. The molecule has 2 rings (SSSR count). The quantitative estimate of drug-likeness (QED) is 0.719. The van der Waals surface area contributed by atoms with Crippen LogP contribution in [0.15, 0.2) is 33.5 Å². The molecular weight excluding hydrogens is 210 g/mol. The Kier molecular flexibility index (Phi) is 2.46. The van der Waals surface area contributed by atoms with Crippen molar-refractivity contribution >= 4 is 22.6 Å².